The summed E-state index contributed by atoms with van der Waals surface area (Å²) in [7, 11) is 0. The Hall–Kier alpha value is -1.31. The van der Waals surface area contributed by atoms with Crippen LogP contribution in [0.15, 0.2) is 36.5 Å². The lowest BCUT2D eigenvalue weighted by Gasteiger charge is -1.99. The van der Waals surface area contributed by atoms with Crippen LogP contribution in [0, 0.1) is 0 Å². The Morgan fingerprint density at radius 3 is 1.32 bits per heavy atom. The highest BCUT2D eigenvalue weighted by Crippen LogP contribution is 2.10. The van der Waals surface area contributed by atoms with Crippen molar-refractivity contribution >= 4 is 5.97 Å². The lowest BCUT2D eigenvalue weighted by molar-refractivity contribution is -0.137. The quantitative estimate of drug-likeness (QED) is 0.157. The Kier molecular flexibility index (Phi) is 22.6. The minimum absolute atomic E-state index is 0.278. The predicted molar refractivity (Wildman–Crippen MR) is 124 cm³/mol. The Morgan fingerprint density at radius 1 is 0.536 bits per heavy atom. The summed E-state index contributed by atoms with van der Waals surface area (Å²) in [6.07, 6.45) is 35.2. The van der Waals surface area contributed by atoms with Gasteiger partial charge in [-0.1, -0.05) is 88.3 Å². The smallest absolute Gasteiger partial charge is 0.303 e. The topological polar surface area (TPSA) is 37.3 Å². The van der Waals surface area contributed by atoms with Gasteiger partial charge in [-0.2, -0.15) is 0 Å². The van der Waals surface area contributed by atoms with Crippen molar-refractivity contribution < 1.29 is 9.90 Å². The molecule has 0 aliphatic carbocycles. The van der Waals surface area contributed by atoms with Crippen LogP contribution < -0.4 is 0 Å². The molecule has 0 atom stereocenters. The molecule has 0 aliphatic heterocycles. The van der Waals surface area contributed by atoms with Gasteiger partial charge in [0.2, 0.25) is 0 Å². The average Bonchev–Trinajstić information content (AvgIpc) is 2.68. The van der Waals surface area contributed by atoms with E-state index in [2.05, 4.69) is 43.4 Å². The van der Waals surface area contributed by atoms with E-state index in [9.17, 15) is 4.79 Å². The van der Waals surface area contributed by atoms with E-state index in [0.717, 1.165) is 25.7 Å². The first kappa shape index (κ1) is 26.7. The molecule has 0 saturated carbocycles. The average molecular weight is 391 g/mol. The zero-order chi connectivity index (χ0) is 20.5. The van der Waals surface area contributed by atoms with E-state index in [1.807, 2.05) is 0 Å². The van der Waals surface area contributed by atoms with Gasteiger partial charge in [0.1, 0.15) is 0 Å². The first-order chi connectivity index (χ1) is 13.8. The Labute approximate surface area is 175 Å². The first-order valence-corrected chi connectivity index (χ1v) is 11.9. The molecule has 0 spiro atoms. The second kappa shape index (κ2) is 23.7. The number of unbranched alkanes of at least 4 members (excludes halogenated alkanes) is 13. The number of carboxylic acid groups (broad SMARTS) is 1. The highest BCUT2D eigenvalue weighted by molar-refractivity contribution is 5.66. The lowest BCUT2D eigenvalue weighted by Crippen LogP contribution is -1.92. The molecule has 0 amide bonds. The summed E-state index contributed by atoms with van der Waals surface area (Å²) in [4.78, 5) is 10.4. The van der Waals surface area contributed by atoms with Gasteiger partial charge in [-0.15, -0.1) is 0 Å². The first-order valence-electron chi connectivity index (χ1n) is 11.9. The normalized spacial score (nSPS) is 12.0. The van der Waals surface area contributed by atoms with Crippen molar-refractivity contribution in [1.82, 2.24) is 0 Å². The van der Waals surface area contributed by atoms with Crippen LogP contribution in [0.1, 0.15) is 122 Å². The summed E-state index contributed by atoms with van der Waals surface area (Å²) in [6.45, 7) is 2.27. The molecule has 0 aromatic heterocycles. The molecule has 1 N–H and O–H groups in total. The van der Waals surface area contributed by atoms with E-state index in [-0.39, 0.29) is 6.42 Å². The summed E-state index contributed by atoms with van der Waals surface area (Å²) in [5, 5.41) is 8.55. The van der Waals surface area contributed by atoms with Crippen LogP contribution in [-0.4, -0.2) is 11.1 Å². The minimum Gasteiger partial charge on any atom is -0.481 e. The molecule has 0 heterocycles. The van der Waals surface area contributed by atoms with E-state index in [0.29, 0.717) is 0 Å². The fourth-order valence-corrected chi connectivity index (χ4v) is 3.19. The summed E-state index contributed by atoms with van der Waals surface area (Å²) in [6, 6.07) is 0. The van der Waals surface area contributed by atoms with E-state index >= 15 is 0 Å². The Balaban J connectivity index is 3.20. The molecule has 2 nitrogen and oxygen atoms in total. The second-order valence-corrected chi connectivity index (χ2v) is 7.83. The van der Waals surface area contributed by atoms with Crippen LogP contribution in [0.3, 0.4) is 0 Å². The molecule has 0 radical (unpaired) electrons. The van der Waals surface area contributed by atoms with Crippen LogP contribution >= 0.6 is 0 Å². The standard InChI is InChI=1S/C26H46O2/c1-2-3-4-5-6-7-8-9-10-11-12-13-14-15-16-17-18-19-20-21-22-23-24-25-26(27)28/h7-8,17-18,21-22H,2-6,9-16,19-20,23-25H2,1H3,(H,27,28). The lowest BCUT2D eigenvalue weighted by atomic mass is 10.1. The van der Waals surface area contributed by atoms with Gasteiger partial charge in [0.05, 0.1) is 0 Å². The van der Waals surface area contributed by atoms with Gasteiger partial charge in [0.25, 0.3) is 0 Å². The number of carboxylic acids is 1. The molecule has 0 unspecified atom stereocenters. The molecular formula is C26H46O2. The molecule has 2 heteroatoms. The van der Waals surface area contributed by atoms with E-state index < -0.39 is 5.97 Å². The van der Waals surface area contributed by atoms with Crippen molar-refractivity contribution in [2.24, 2.45) is 0 Å². The minimum atomic E-state index is -0.697. The van der Waals surface area contributed by atoms with Gasteiger partial charge in [0, 0.05) is 6.42 Å². The molecule has 0 rings (SSSR count). The number of rotatable bonds is 21. The summed E-state index contributed by atoms with van der Waals surface area (Å²) < 4.78 is 0. The zero-order valence-electron chi connectivity index (χ0n) is 18.5. The van der Waals surface area contributed by atoms with Crippen molar-refractivity contribution in [3.63, 3.8) is 0 Å². The van der Waals surface area contributed by atoms with Gasteiger partial charge in [-0.3, -0.25) is 4.79 Å². The van der Waals surface area contributed by atoms with Gasteiger partial charge in [-0.25, -0.2) is 0 Å². The predicted octanol–water partition coefficient (Wildman–Crippen LogP) is 8.78. The fourth-order valence-electron chi connectivity index (χ4n) is 3.19. The molecule has 28 heavy (non-hydrogen) atoms. The molecule has 0 aromatic carbocycles. The van der Waals surface area contributed by atoms with Crippen LogP contribution in [0.5, 0.6) is 0 Å². The molecule has 162 valence electrons. The van der Waals surface area contributed by atoms with Gasteiger partial charge < -0.3 is 5.11 Å². The van der Waals surface area contributed by atoms with E-state index in [4.69, 9.17) is 5.11 Å². The van der Waals surface area contributed by atoms with Crippen molar-refractivity contribution in [2.75, 3.05) is 0 Å². The molecule has 0 fully saturated rings. The molecule has 0 aliphatic rings. The second-order valence-electron chi connectivity index (χ2n) is 7.83. The summed E-state index contributed by atoms with van der Waals surface area (Å²) >= 11 is 0. The third-order valence-electron chi connectivity index (χ3n) is 4.98. The van der Waals surface area contributed by atoms with Crippen molar-refractivity contribution in [1.29, 1.82) is 0 Å². The molecule has 0 saturated heterocycles. The SMILES string of the molecule is CCCCCCC=CCCCCCCCCC=CCCC=CCCCC(=O)O. The zero-order valence-corrected chi connectivity index (χ0v) is 18.5. The number of carbonyl (C=O) groups is 1. The Bertz CT molecular complexity index is 407. The third-order valence-corrected chi connectivity index (χ3v) is 4.98. The summed E-state index contributed by atoms with van der Waals surface area (Å²) in [5.74, 6) is -0.697. The number of allylic oxidation sites excluding steroid dienone is 6. The van der Waals surface area contributed by atoms with Gasteiger partial charge >= 0.3 is 5.97 Å². The van der Waals surface area contributed by atoms with Crippen molar-refractivity contribution in [3.8, 4) is 0 Å². The van der Waals surface area contributed by atoms with Gasteiger partial charge in [0.15, 0.2) is 0 Å². The summed E-state index contributed by atoms with van der Waals surface area (Å²) in [5.41, 5.74) is 0. The molecule has 0 aromatic rings. The van der Waals surface area contributed by atoms with Crippen LogP contribution in [0.25, 0.3) is 0 Å². The van der Waals surface area contributed by atoms with Crippen LogP contribution in [0.2, 0.25) is 0 Å². The maximum atomic E-state index is 10.4. The number of hydrogen-bond donors (Lipinski definition) is 1. The monoisotopic (exact) mass is 390 g/mol. The highest BCUT2D eigenvalue weighted by Gasteiger charge is 1.93. The number of hydrogen-bond acceptors (Lipinski definition) is 1. The highest BCUT2D eigenvalue weighted by atomic mass is 16.4. The van der Waals surface area contributed by atoms with Gasteiger partial charge in [-0.05, 0) is 64.2 Å². The van der Waals surface area contributed by atoms with Crippen molar-refractivity contribution in [3.05, 3.63) is 36.5 Å². The molecule has 0 bridgehead atoms. The Morgan fingerprint density at radius 2 is 0.893 bits per heavy atom. The van der Waals surface area contributed by atoms with Crippen LogP contribution in [0.4, 0.5) is 0 Å². The van der Waals surface area contributed by atoms with E-state index in [1.54, 1.807) is 0 Å². The third kappa shape index (κ3) is 24.7. The van der Waals surface area contributed by atoms with Crippen LogP contribution in [-0.2, 0) is 4.79 Å². The fraction of sp³-hybridized carbons (Fsp3) is 0.731. The molecular weight excluding hydrogens is 344 g/mol. The van der Waals surface area contributed by atoms with Crippen molar-refractivity contribution in [2.45, 2.75) is 122 Å². The number of aliphatic carboxylic acids is 1. The maximum absolute atomic E-state index is 10.4. The largest absolute Gasteiger partial charge is 0.481 e. The van der Waals surface area contributed by atoms with E-state index in [1.165, 1.54) is 83.5 Å². The maximum Gasteiger partial charge on any atom is 0.303 e.